The van der Waals surface area contributed by atoms with Crippen molar-refractivity contribution in [3.63, 3.8) is 0 Å². The lowest BCUT2D eigenvalue weighted by molar-refractivity contribution is 0.122. The van der Waals surface area contributed by atoms with E-state index in [1.807, 2.05) is 19.1 Å². The van der Waals surface area contributed by atoms with E-state index >= 15 is 0 Å². The first-order valence-electron chi connectivity index (χ1n) is 10.7. The molecule has 162 valence electrons. The summed E-state index contributed by atoms with van der Waals surface area (Å²) < 4.78 is 11.1. The highest BCUT2D eigenvalue weighted by Gasteiger charge is 2.23. The lowest BCUT2D eigenvalue weighted by atomic mass is 10.0. The topological polar surface area (TPSA) is 78.7 Å². The van der Waals surface area contributed by atoms with Gasteiger partial charge in [0.05, 0.1) is 19.8 Å². The molecular formula is C21H30N6O2S. The third-order valence-corrected chi connectivity index (χ3v) is 5.82. The molecule has 0 amide bonds. The van der Waals surface area contributed by atoms with Crippen molar-refractivity contribution < 1.29 is 9.15 Å². The van der Waals surface area contributed by atoms with Crippen molar-refractivity contribution in [2.24, 2.45) is 0 Å². The van der Waals surface area contributed by atoms with Crippen molar-refractivity contribution in [3.8, 4) is 0 Å². The SMILES string of the molecule is Cc1ccc(CNC(=S)Nc2nc(N3CCOCC3)cc(N3CCCC[C@H]3C)n2)o1. The summed E-state index contributed by atoms with van der Waals surface area (Å²) in [6.45, 7) is 8.79. The Morgan fingerprint density at radius 1 is 1.17 bits per heavy atom. The molecule has 8 nitrogen and oxygen atoms in total. The van der Waals surface area contributed by atoms with Crippen LogP contribution in [0.4, 0.5) is 17.6 Å². The summed E-state index contributed by atoms with van der Waals surface area (Å²) in [5, 5.41) is 6.80. The molecule has 2 aromatic heterocycles. The van der Waals surface area contributed by atoms with E-state index < -0.39 is 0 Å². The first kappa shape index (κ1) is 20.9. The molecule has 9 heteroatoms. The van der Waals surface area contributed by atoms with Gasteiger partial charge in [0.1, 0.15) is 23.2 Å². The van der Waals surface area contributed by atoms with Crippen LogP contribution in [-0.4, -0.2) is 54.0 Å². The lowest BCUT2D eigenvalue weighted by Crippen LogP contribution is -2.40. The molecule has 4 rings (SSSR count). The predicted molar refractivity (Wildman–Crippen MR) is 122 cm³/mol. The Labute approximate surface area is 183 Å². The van der Waals surface area contributed by atoms with E-state index in [1.165, 1.54) is 19.3 Å². The minimum Gasteiger partial charge on any atom is -0.465 e. The normalized spacial score (nSPS) is 19.6. The molecule has 0 bridgehead atoms. The highest BCUT2D eigenvalue weighted by atomic mass is 32.1. The highest BCUT2D eigenvalue weighted by molar-refractivity contribution is 7.80. The van der Waals surface area contributed by atoms with Gasteiger partial charge in [-0.25, -0.2) is 0 Å². The van der Waals surface area contributed by atoms with Crippen LogP contribution in [0.1, 0.15) is 37.7 Å². The minimum absolute atomic E-state index is 0.464. The number of nitrogens with zero attached hydrogens (tertiary/aromatic N) is 4. The molecule has 2 saturated heterocycles. The summed E-state index contributed by atoms with van der Waals surface area (Å²) in [5.41, 5.74) is 0. The van der Waals surface area contributed by atoms with E-state index in [4.69, 9.17) is 31.3 Å². The minimum atomic E-state index is 0.464. The maximum absolute atomic E-state index is 5.59. The summed E-state index contributed by atoms with van der Waals surface area (Å²) in [4.78, 5) is 14.2. The van der Waals surface area contributed by atoms with Gasteiger partial charge in [-0.1, -0.05) is 0 Å². The molecule has 2 aromatic rings. The van der Waals surface area contributed by atoms with Crippen molar-refractivity contribution in [2.45, 2.75) is 45.7 Å². The number of ether oxygens (including phenoxy) is 1. The number of furan rings is 1. The summed E-state index contributed by atoms with van der Waals surface area (Å²) in [7, 11) is 0. The number of aryl methyl sites for hydroxylation is 1. The van der Waals surface area contributed by atoms with Gasteiger partial charge in [0.25, 0.3) is 0 Å². The zero-order chi connectivity index (χ0) is 20.9. The maximum atomic E-state index is 5.59. The fourth-order valence-electron chi connectivity index (χ4n) is 3.91. The number of thiocarbonyl (C=S) groups is 1. The molecule has 4 heterocycles. The molecule has 0 aliphatic carbocycles. The Morgan fingerprint density at radius 2 is 1.97 bits per heavy atom. The van der Waals surface area contributed by atoms with Gasteiger partial charge in [0.15, 0.2) is 5.11 Å². The second kappa shape index (κ2) is 9.61. The molecule has 0 saturated carbocycles. The number of piperidine rings is 1. The Balaban J connectivity index is 1.51. The van der Waals surface area contributed by atoms with E-state index in [-0.39, 0.29) is 0 Å². The number of nitrogens with one attached hydrogen (secondary N) is 2. The van der Waals surface area contributed by atoms with Crippen LogP contribution in [0.5, 0.6) is 0 Å². The van der Waals surface area contributed by atoms with E-state index in [0.717, 1.165) is 42.8 Å². The third-order valence-electron chi connectivity index (χ3n) is 5.58. The van der Waals surface area contributed by atoms with Crippen LogP contribution in [0.2, 0.25) is 0 Å². The summed E-state index contributed by atoms with van der Waals surface area (Å²) in [6.07, 6.45) is 3.64. The van der Waals surface area contributed by atoms with Crippen LogP contribution in [0.3, 0.4) is 0 Å². The van der Waals surface area contributed by atoms with Crippen LogP contribution in [0.25, 0.3) is 0 Å². The molecule has 0 unspecified atom stereocenters. The molecular weight excluding hydrogens is 400 g/mol. The van der Waals surface area contributed by atoms with Crippen molar-refractivity contribution >= 4 is 34.9 Å². The quantitative estimate of drug-likeness (QED) is 0.696. The summed E-state index contributed by atoms with van der Waals surface area (Å²) >= 11 is 5.47. The van der Waals surface area contributed by atoms with Crippen molar-refractivity contribution in [1.82, 2.24) is 15.3 Å². The Morgan fingerprint density at radius 3 is 2.70 bits per heavy atom. The summed E-state index contributed by atoms with van der Waals surface area (Å²) in [5.74, 6) is 4.09. The molecule has 30 heavy (non-hydrogen) atoms. The fraction of sp³-hybridized carbons (Fsp3) is 0.571. The molecule has 0 aromatic carbocycles. The Kier molecular flexibility index (Phi) is 6.69. The predicted octanol–water partition coefficient (Wildman–Crippen LogP) is 3.08. The first-order chi connectivity index (χ1) is 14.6. The number of aromatic nitrogens is 2. The molecule has 2 aliphatic heterocycles. The number of hydrogen-bond donors (Lipinski definition) is 2. The number of rotatable bonds is 5. The van der Waals surface area contributed by atoms with Gasteiger partial charge in [-0.05, 0) is 57.5 Å². The smallest absolute Gasteiger partial charge is 0.232 e. The standard InChI is InChI=1S/C21H30N6O2S/c1-15-5-3-4-8-27(15)19-13-18(26-9-11-28-12-10-26)23-20(24-19)25-21(30)22-14-17-7-6-16(2)29-17/h6-7,13,15H,3-5,8-12,14H2,1-2H3,(H2,22,23,24,25,30)/t15-/m1/s1. The number of hydrogen-bond acceptors (Lipinski definition) is 7. The van der Waals surface area contributed by atoms with E-state index in [0.29, 0.717) is 36.9 Å². The average molecular weight is 431 g/mol. The van der Waals surface area contributed by atoms with Gasteiger partial charge in [0, 0.05) is 31.7 Å². The molecule has 0 radical (unpaired) electrons. The maximum Gasteiger partial charge on any atom is 0.232 e. The zero-order valence-electron chi connectivity index (χ0n) is 17.7. The monoisotopic (exact) mass is 430 g/mol. The van der Waals surface area contributed by atoms with Crippen LogP contribution in [0, 0.1) is 6.92 Å². The Hall–Kier alpha value is -2.39. The first-order valence-corrected chi connectivity index (χ1v) is 11.1. The second-order valence-corrected chi connectivity index (χ2v) is 8.27. The van der Waals surface area contributed by atoms with Crippen molar-refractivity contribution in [1.29, 1.82) is 0 Å². The van der Waals surface area contributed by atoms with Gasteiger partial charge >= 0.3 is 0 Å². The molecule has 2 N–H and O–H groups in total. The van der Waals surface area contributed by atoms with Crippen LogP contribution in [-0.2, 0) is 11.3 Å². The van der Waals surface area contributed by atoms with Crippen LogP contribution in [0.15, 0.2) is 22.6 Å². The zero-order valence-corrected chi connectivity index (χ0v) is 18.5. The fourth-order valence-corrected chi connectivity index (χ4v) is 4.07. The van der Waals surface area contributed by atoms with E-state index in [2.05, 4.69) is 33.4 Å². The van der Waals surface area contributed by atoms with E-state index in [1.54, 1.807) is 0 Å². The molecule has 0 spiro atoms. The van der Waals surface area contributed by atoms with Gasteiger partial charge < -0.3 is 29.6 Å². The number of morpholine rings is 1. The van der Waals surface area contributed by atoms with Crippen molar-refractivity contribution in [3.05, 3.63) is 29.7 Å². The van der Waals surface area contributed by atoms with Crippen LogP contribution < -0.4 is 20.4 Å². The second-order valence-electron chi connectivity index (χ2n) is 7.87. The number of anilines is 3. The van der Waals surface area contributed by atoms with E-state index in [9.17, 15) is 0 Å². The van der Waals surface area contributed by atoms with Crippen LogP contribution >= 0.6 is 12.2 Å². The van der Waals surface area contributed by atoms with Gasteiger partial charge in [-0.2, -0.15) is 9.97 Å². The van der Waals surface area contributed by atoms with Crippen molar-refractivity contribution in [2.75, 3.05) is 48.0 Å². The lowest BCUT2D eigenvalue weighted by Gasteiger charge is -2.35. The van der Waals surface area contributed by atoms with Gasteiger partial charge in [0.2, 0.25) is 5.95 Å². The summed E-state index contributed by atoms with van der Waals surface area (Å²) in [6, 6.07) is 6.44. The molecule has 1 atom stereocenters. The average Bonchev–Trinajstić information content (AvgIpc) is 3.18. The molecule has 2 aliphatic rings. The largest absolute Gasteiger partial charge is 0.465 e. The van der Waals surface area contributed by atoms with Gasteiger partial charge in [-0.15, -0.1) is 0 Å². The Bertz CT molecular complexity index is 867. The highest BCUT2D eigenvalue weighted by Crippen LogP contribution is 2.27. The third kappa shape index (κ3) is 5.20. The molecule has 2 fully saturated rings. The van der Waals surface area contributed by atoms with Gasteiger partial charge in [-0.3, -0.25) is 0 Å².